The first kappa shape index (κ1) is 25.7. The summed E-state index contributed by atoms with van der Waals surface area (Å²) in [5.41, 5.74) is 3.79. The predicted molar refractivity (Wildman–Crippen MR) is 153 cm³/mol. The van der Waals surface area contributed by atoms with E-state index in [9.17, 15) is 14.7 Å². The summed E-state index contributed by atoms with van der Waals surface area (Å²) in [6.07, 6.45) is 0. The number of phenolic OH excluding ortho intramolecular Hbond substituents is 1. The van der Waals surface area contributed by atoms with Gasteiger partial charge in [-0.05, 0) is 61.0 Å². The van der Waals surface area contributed by atoms with Crippen LogP contribution in [0.4, 0.5) is 11.4 Å². The number of aryl methyl sites for hydroxylation is 1. The summed E-state index contributed by atoms with van der Waals surface area (Å²) in [6.45, 7) is 1.95. The molecular weight excluding hydrogens is 510 g/mol. The number of hydrogen-bond donors (Lipinski definition) is 3. The van der Waals surface area contributed by atoms with Crippen LogP contribution in [0.2, 0.25) is 0 Å². The maximum Gasteiger partial charge on any atom is 0.257 e. The Hall–Kier alpha value is -4.89. The third-order valence-corrected chi connectivity index (χ3v) is 6.78. The SMILES string of the molecule is Cc1cccc(NC(=O)c2ccccc2NC(=O)CSc2nnc(-c3ccccc3O)n2-c2ccccc2)c1. The molecule has 0 saturated heterocycles. The van der Waals surface area contributed by atoms with Crippen molar-refractivity contribution in [1.82, 2.24) is 14.8 Å². The van der Waals surface area contributed by atoms with Gasteiger partial charge < -0.3 is 15.7 Å². The molecule has 5 rings (SSSR count). The van der Waals surface area contributed by atoms with Crippen molar-refractivity contribution in [2.75, 3.05) is 16.4 Å². The van der Waals surface area contributed by atoms with E-state index in [0.29, 0.717) is 33.5 Å². The zero-order valence-corrected chi connectivity index (χ0v) is 21.9. The molecule has 5 aromatic rings. The van der Waals surface area contributed by atoms with Crippen molar-refractivity contribution in [1.29, 1.82) is 0 Å². The summed E-state index contributed by atoms with van der Waals surface area (Å²) >= 11 is 1.20. The molecule has 0 radical (unpaired) electrons. The molecule has 0 fully saturated rings. The van der Waals surface area contributed by atoms with Gasteiger partial charge in [0.1, 0.15) is 5.75 Å². The van der Waals surface area contributed by atoms with Gasteiger partial charge in [-0.15, -0.1) is 10.2 Å². The van der Waals surface area contributed by atoms with E-state index in [0.717, 1.165) is 11.3 Å². The number of phenols is 1. The first-order chi connectivity index (χ1) is 19.0. The molecule has 39 heavy (non-hydrogen) atoms. The summed E-state index contributed by atoms with van der Waals surface area (Å²) in [5, 5.41) is 25.3. The molecule has 1 aromatic heterocycles. The van der Waals surface area contributed by atoms with Gasteiger partial charge in [-0.25, -0.2) is 0 Å². The molecule has 4 aromatic carbocycles. The van der Waals surface area contributed by atoms with Gasteiger partial charge in [0.15, 0.2) is 11.0 Å². The monoisotopic (exact) mass is 535 g/mol. The number of carbonyl (C=O) groups is 2. The molecule has 0 spiro atoms. The molecule has 0 aliphatic carbocycles. The van der Waals surface area contributed by atoms with Gasteiger partial charge in [0.05, 0.1) is 22.6 Å². The molecule has 0 atom stereocenters. The van der Waals surface area contributed by atoms with Crippen LogP contribution in [0.1, 0.15) is 15.9 Å². The summed E-state index contributed by atoms with van der Waals surface area (Å²) in [7, 11) is 0. The molecule has 2 amide bonds. The van der Waals surface area contributed by atoms with Crippen molar-refractivity contribution in [3.8, 4) is 22.8 Å². The van der Waals surface area contributed by atoms with Gasteiger partial charge in [-0.1, -0.05) is 66.4 Å². The van der Waals surface area contributed by atoms with Gasteiger partial charge in [0.2, 0.25) is 5.91 Å². The summed E-state index contributed by atoms with van der Waals surface area (Å²) in [4.78, 5) is 25.9. The van der Waals surface area contributed by atoms with Crippen molar-refractivity contribution in [2.45, 2.75) is 12.1 Å². The second-order valence-electron chi connectivity index (χ2n) is 8.70. The second-order valence-corrected chi connectivity index (χ2v) is 9.64. The second kappa shape index (κ2) is 11.7. The minimum atomic E-state index is -0.319. The number of aromatic nitrogens is 3. The largest absolute Gasteiger partial charge is 0.507 e. The number of amides is 2. The Labute approximate surface area is 229 Å². The number of para-hydroxylation sites is 3. The fourth-order valence-electron chi connectivity index (χ4n) is 4.04. The first-order valence-electron chi connectivity index (χ1n) is 12.2. The maximum absolute atomic E-state index is 13.0. The summed E-state index contributed by atoms with van der Waals surface area (Å²) in [6, 6.07) is 30.8. The highest BCUT2D eigenvalue weighted by atomic mass is 32.2. The predicted octanol–water partition coefficient (Wildman–Crippen LogP) is 5.93. The Bertz CT molecular complexity index is 1640. The number of nitrogens with zero attached hydrogens (tertiary/aromatic N) is 3. The van der Waals surface area contributed by atoms with Crippen molar-refractivity contribution in [3.05, 3.63) is 114 Å². The number of rotatable bonds is 8. The number of nitrogens with one attached hydrogen (secondary N) is 2. The van der Waals surface area contributed by atoms with E-state index in [1.165, 1.54) is 11.8 Å². The Balaban J connectivity index is 1.34. The fourth-order valence-corrected chi connectivity index (χ4v) is 4.79. The topological polar surface area (TPSA) is 109 Å². The third kappa shape index (κ3) is 6.00. The minimum Gasteiger partial charge on any atom is -0.507 e. The fraction of sp³-hybridized carbons (Fsp3) is 0.0667. The number of benzene rings is 4. The number of hydrogen-bond acceptors (Lipinski definition) is 6. The average molecular weight is 536 g/mol. The molecule has 1 heterocycles. The van der Waals surface area contributed by atoms with Crippen molar-refractivity contribution >= 4 is 35.0 Å². The number of anilines is 2. The summed E-state index contributed by atoms with van der Waals surface area (Å²) in [5.74, 6) is -0.0559. The van der Waals surface area contributed by atoms with Crippen molar-refractivity contribution < 1.29 is 14.7 Å². The number of thioether (sulfide) groups is 1. The van der Waals surface area contributed by atoms with Gasteiger partial charge in [0, 0.05) is 11.4 Å². The Morgan fingerprint density at radius 1 is 0.846 bits per heavy atom. The molecule has 0 unspecified atom stereocenters. The van der Waals surface area contributed by atoms with Crippen molar-refractivity contribution in [2.24, 2.45) is 0 Å². The van der Waals surface area contributed by atoms with E-state index >= 15 is 0 Å². The lowest BCUT2D eigenvalue weighted by Gasteiger charge is -2.13. The third-order valence-electron chi connectivity index (χ3n) is 5.85. The van der Waals surface area contributed by atoms with Gasteiger partial charge >= 0.3 is 0 Å². The van der Waals surface area contributed by atoms with E-state index in [-0.39, 0.29) is 23.3 Å². The smallest absolute Gasteiger partial charge is 0.257 e. The van der Waals surface area contributed by atoms with Crippen LogP contribution in [0.15, 0.2) is 108 Å². The lowest BCUT2D eigenvalue weighted by molar-refractivity contribution is -0.113. The standard InChI is InChI=1S/C30H25N5O3S/c1-20-10-9-11-21(18-20)31-29(38)23-14-5-7-16-25(23)32-27(37)19-39-30-34-33-28(24-15-6-8-17-26(24)36)35(30)22-12-3-2-4-13-22/h2-18,36H,19H2,1H3,(H,31,38)(H,32,37). The number of carbonyl (C=O) groups excluding carboxylic acids is 2. The minimum absolute atomic E-state index is 0.0274. The van der Waals surface area contributed by atoms with Gasteiger partial charge in [-0.3, -0.25) is 14.2 Å². The average Bonchev–Trinajstić information content (AvgIpc) is 3.36. The molecule has 0 saturated carbocycles. The van der Waals surface area contributed by atoms with E-state index in [4.69, 9.17) is 0 Å². The summed E-state index contributed by atoms with van der Waals surface area (Å²) < 4.78 is 1.80. The van der Waals surface area contributed by atoms with Crippen LogP contribution in [0, 0.1) is 6.92 Å². The van der Waals surface area contributed by atoms with E-state index in [1.807, 2.05) is 67.6 Å². The highest BCUT2D eigenvalue weighted by Gasteiger charge is 2.20. The normalized spacial score (nSPS) is 10.7. The van der Waals surface area contributed by atoms with Crippen LogP contribution in [0.25, 0.3) is 17.1 Å². The highest BCUT2D eigenvalue weighted by Crippen LogP contribution is 2.32. The molecule has 9 heteroatoms. The van der Waals surface area contributed by atoms with Gasteiger partial charge in [0.25, 0.3) is 5.91 Å². The van der Waals surface area contributed by atoms with E-state index in [1.54, 1.807) is 47.0 Å². The van der Waals surface area contributed by atoms with Crippen LogP contribution in [-0.4, -0.2) is 37.4 Å². The molecular formula is C30H25N5O3S. The van der Waals surface area contributed by atoms with Crippen LogP contribution in [0.3, 0.4) is 0 Å². The van der Waals surface area contributed by atoms with Crippen molar-refractivity contribution in [3.63, 3.8) is 0 Å². The molecule has 3 N–H and O–H groups in total. The maximum atomic E-state index is 13.0. The van der Waals surface area contributed by atoms with Crippen LogP contribution < -0.4 is 10.6 Å². The zero-order valence-electron chi connectivity index (χ0n) is 21.0. The van der Waals surface area contributed by atoms with Gasteiger partial charge in [-0.2, -0.15) is 0 Å². The Morgan fingerprint density at radius 3 is 2.38 bits per heavy atom. The quantitative estimate of drug-likeness (QED) is 0.213. The van der Waals surface area contributed by atoms with Crippen LogP contribution >= 0.6 is 11.8 Å². The Kier molecular flexibility index (Phi) is 7.70. The zero-order chi connectivity index (χ0) is 27.2. The highest BCUT2D eigenvalue weighted by molar-refractivity contribution is 7.99. The molecule has 0 aliphatic heterocycles. The van der Waals surface area contributed by atoms with E-state index in [2.05, 4.69) is 20.8 Å². The Morgan fingerprint density at radius 2 is 1.59 bits per heavy atom. The molecule has 8 nitrogen and oxygen atoms in total. The molecule has 0 bridgehead atoms. The lowest BCUT2D eigenvalue weighted by Crippen LogP contribution is -2.19. The van der Waals surface area contributed by atoms with Crippen LogP contribution in [0.5, 0.6) is 5.75 Å². The van der Waals surface area contributed by atoms with Crippen LogP contribution in [-0.2, 0) is 4.79 Å². The molecule has 0 aliphatic rings. The first-order valence-corrected chi connectivity index (χ1v) is 13.2. The molecule has 194 valence electrons. The lowest BCUT2D eigenvalue weighted by atomic mass is 10.1. The van der Waals surface area contributed by atoms with E-state index < -0.39 is 0 Å². The number of aromatic hydroxyl groups is 1.